The molecule has 0 spiro atoms. The van der Waals surface area contributed by atoms with E-state index < -0.39 is 0 Å². The van der Waals surface area contributed by atoms with Crippen molar-refractivity contribution in [3.05, 3.63) is 35.4 Å². The molecule has 0 saturated heterocycles. The van der Waals surface area contributed by atoms with Crippen LogP contribution in [-0.2, 0) is 6.42 Å². The lowest BCUT2D eigenvalue weighted by Crippen LogP contribution is -2.08. The minimum Gasteiger partial charge on any atom is -0.330 e. The van der Waals surface area contributed by atoms with Gasteiger partial charge in [-0.15, -0.1) is 0 Å². The molecule has 1 aliphatic rings. The fourth-order valence-electron chi connectivity index (χ4n) is 2.34. The Hall–Kier alpha value is -1.35. The lowest BCUT2D eigenvalue weighted by molar-refractivity contribution is 0.836. The predicted molar refractivity (Wildman–Crippen MR) is 64.7 cm³/mol. The highest BCUT2D eigenvalue weighted by molar-refractivity contribution is 5.54. The van der Waals surface area contributed by atoms with Crippen molar-refractivity contribution in [1.82, 2.24) is 9.38 Å². The maximum Gasteiger partial charge on any atom is 0.116 e. The summed E-state index contributed by atoms with van der Waals surface area (Å²) < 4.78 is 2.32. The van der Waals surface area contributed by atoms with E-state index in [0.29, 0.717) is 12.5 Å². The molecule has 0 aliphatic heterocycles. The molecule has 0 aromatic carbocycles. The Labute approximate surface area is 95.3 Å². The van der Waals surface area contributed by atoms with E-state index in [2.05, 4.69) is 29.5 Å². The number of nitrogens with zero attached hydrogens (tertiary/aromatic N) is 2. The van der Waals surface area contributed by atoms with E-state index in [0.717, 1.165) is 12.1 Å². The zero-order chi connectivity index (χ0) is 11.1. The zero-order valence-corrected chi connectivity index (χ0v) is 9.61. The quantitative estimate of drug-likeness (QED) is 0.851. The number of rotatable bonds is 3. The van der Waals surface area contributed by atoms with Crippen molar-refractivity contribution in [3.8, 4) is 0 Å². The molecule has 3 rings (SSSR count). The van der Waals surface area contributed by atoms with Gasteiger partial charge in [-0.25, -0.2) is 4.98 Å². The third-order valence-corrected chi connectivity index (χ3v) is 3.30. The average molecular weight is 215 g/mol. The number of fused-ring (bicyclic) bond motifs is 1. The first-order chi connectivity index (χ1) is 7.81. The van der Waals surface area contributed by atoms with E-state index in [9.17, 15) is 0 Å². The number of nitrogens with two attached hydrogens (primary N) is 1. The van der Waals surface area contributed by atoms with Gasteiger partial charge in [0, 0.05) is 18.0 Å². The normalized spacial score (nSPS) is 15.9. The highest BCUT2D eigenvalue weighted by Crippen LogP contribution is 2.40. The van der Waals surface area contributed by atoms with Crippen LogP contribution in [0.4, 0.5) is 0 Å². The first-order valence-electron chi connectivity index (χ1n) is 5.98. The maximum absolute atomic E-state index is 5.67. The number of aromatic nitrogens is 2. The van der Waals surface area contributed by atoms with Gasteiger partial charge in [0.2, 0.25) is 0 Å². The first kappa shape index (κ1) is 9.85. The van der Waals surface area contributed by atoms with Crippen LogP contribution in [-0.4, -0.2) is 15.9 Å². The van der Waals surface area contributed by atoms with Crippen LogP contribution in [0.2, 0.25) is 0 Å². The number of imidazole rings is 1. The molecule has 3 heteroatoms. The molecule has 0 radical (unpaired) electrons. The summed E-state index contributed by atoms with van der Waals surface area (Å²) in [5, 5.41) is 0. The van der Waals surface area contributed by atoms with Crippen molar-refractivity contribution in [2.24, 2.45) is 5.73 Å². The summed E-state index contributed by atoms with van der Waals surface area (Å²) in [6, 6.07) is 6.41. The minimum atomic E-state index is 0.681. The first-order valence-corrected chi connectivity index (χ1v) is 5.98. The second-order valence-corrected chi connectivity index (χ2v) is 4.61. The Morgan fingerprint density at radius 1 is 1.44 bits per heavy atom. The molecule has 1 fully saturated rings. The number of hydrogen-bond donors (Lipinski definition) is 1. The molecule has 2 aromatic rings. The third-order valence-electron chi connectivity index (χ3n) is 3.30. The van der Waals surface area contributed by atoms with E-state index in [1.54, 1.807) is 0 Å². The second-order valence-electron chi connectivity index (χ2n) is 4.61. The summed E-state index contributed by atoms with van der Waals surface area (Å²) >= 11 is 0. The van der Waals surface area contributed by atoms with Gasteiger partial charge in [-0.3, -0.25) is 0 Å². The summed E-state index contributed by atoms with van der Waals surface area (Å²) in [6.07, 6.45) is 3.50. The maximum atomic E-state index is 5.67. The summed E-state index contributed by atoms with van der Waals surface area (Å²) in [5.74, 6) is 1.93. The van der Waals surface area contributed by atoms with Gasteiger partial charge < -0.3 is 10.1 Å². The number of aryl methyl sites for hydroxylation is 1. The molecule has 16 heavy (non-hydrogen) atoms. The van der Waals surface area contributed by atoms with Gasteiger partial charge in [0.25, 0.3) is 0 Å². The van der Waals surface area contributed by atoms with Crippen molar-refractivity contribution in [2.45, 2.75) is 32.1 Å². The fraction of sp³-hybridized carbons (Fsp3) is 0.462. The zero-order valence-electron chi connectivity index (χ0n) is 9.61. The van der Waals surface area contributed by atoms with Gasteiger partial charge in [-0.05, 0) is 38.4 Å². The van der Waals surface area contributed by atoms with E-state index in [4.69, 9.17) is 10.7 Å². The smallest absolute Gasteiger partial charge is 0.116 e. The van der Waals surface area contributed by atoms with Crippen molar-refractivity contribution < 1.29 is 0 Å². The Balaban J connectivity index is 2.25. The van der Waals surface area contributed by atoms with Crippen molar-refractivity contribution in [3.63, 3.8) is 0 Å². The molecular formula is C13H17N3. The molecule has 1 saturated carbocycles. The summed E-state index contributed by atoms with van der Waals surface area (Å²) in [6.45, 7) is 2.79. The molecule has 1 aliphatic carbocycles. The van der Waals surface area contributed by atoms with Crippen LogP contribution in [0.1, 0.15) is 36.0 Å². The Kier molecular flexibility index (Phi) is 2.21. The molecule has 0 amide bonds. The summed E-state index contributed by atoms with van der Waals surface area (Å²) in [7, 11) is 0. The summed E-state index contributed by atoms with van der Waals surface area (Å²) in [5.41, 5.74) is 9.34. The Bertz CT molecular complexity index is 523. The molecule has 0 atom stereocenters. The van der Waals surface area contributed by atoms with Crippen LogP contribution in [0.25, 0.3) is 5.52 Å². The van der Waals surface area contributed by atoms with Gasteiger partial charge in [-0.2, -0.15) is 0 Å². The molecule has 3 nitrogen and oxygen atoms in total. The SMILES string of the molecule is Cc1nc(C2CC2)n2c(CCN)cccc12. The van der Waals surface area contributed by atoms with Crippen molar-refractivity contribution >= 4 is 5.52 Å². The van der Waals surface area contributed by atoms with Gasteiger partial charge in [0.1, 0.15) is 5.82 Å². The largest absolute Gasteiger partial charge is 0.330 e. The van der Waals surface area contributed by atoms with E-state index in [-0.39, 0.29) is 0 Å². The predicted octanol–water partition coefficient (Wildman–Crippen LogP) is 2.02. The van der Waals surface area contributed by atoms with E-state index in [1.807, 2.05) is 0 Å². The number of hydrogen-bond acceptors (Lipinski definition) is 2. The average Bonchev–Trinajstić information content (AvgIpc) is 3.06. The molecular weight excluding hydrogens is 198 g/mol. The van der Waals surface area contributed by atoms with E-state index >= 15 is 0 Å². The Morgan fingerprint density at radius 2 is 2.25 bits per heavy atom. The van der Waals surface area contributed by atoms with Crippen LogP contribution in [0.3, 0.4) is 0 Å². The van der Waals surface area contributed by atoms with Crippen molar-refractivity contribution in [1.29, 1.82) is 0 Å². The lowest BCUT2D eigenvalue weighted by Gasteiger charge is -2.07. The van der Waals surface area contributed by atoms with E-state index in [1.165, 1.54) is 29.9 Å². The van der Waals surface area contributed by atoms with Gasteiger partial charge in [0.05, 0.1) is 11.2 Å². The molecule has 2 aromatic heterocycles. The topological polar surface area (TPSA) is 43.3 Å². The lowest BCUT2D eigenvalue weighted by atomic mass is 10.2. The third kappa shape index (κ3) is 1.43. The fourth-order valence-corrected chi connectivity index (χ4v) is 2.34. The second kappa shape index (κ2) is 3.59. The minimum absolute atomic E-state index is 0.681. The van der Waals surface area contributed by atoms with Crippen molar-refractivity contribution in [2.75, 3.05) is 6.54 Å². The van der Waals surface area contributed by atoms with Gasteiger partial charge >= 0.3 is 0 Å². The van der Waals surface area contributed by atoms with Crippen LogP contribution >= 0.6 is 0 Å². The molecule has 2 heterocycles. The highest BCUT2D eigenvalue weighted by Gasteiger charge is 2.29. The van der Waals surface area contributed by atoms with Gasteiger partial charge in [-0.1, -0.05) is 6.07 Å². The number of pyridine rings is 1. The van der Waals surface area contributed by atoms with Crippen LogP contribution < -0.4 is 5.73 Å². The standard InChI is InChI=1S/C13H17N3/c1-9-12-4-2-3-11(7-8-14)16(12)13(15-9)10-5-6-10/h2-4,10H,5-8,14H2,1H3. The van der Waals surface area contributed by atoms with Crippen LogP contribution in [0, 0.1) is 6.92 Å². The Morgan fingerprint density at radius 3 is 2.94 bits per heavy atom. The molecule has 2 N–H and O–H groups in total. The van der Waals surface area contributed by atoms with Crippen LogP contribution in [0.15, 0.2) is 18.2 Å². The summed E-state index contributed by atoms with van der Waals surface area (Å²) in [4.78, 5) is 4.72. The molecule has 84 valence electrons. The van der Waals surface area contributed by atoms with Gasteiger partial charge in [0.15, 0.2) is 0 Å². The molecule has 0 unspecified atom stereocenters. The highest BCUT2D eigenvalue weighted by atomic mass is 15.0. The van der Waals surface area contributed by atoms with Crippen LogP contribution in [0.5, 0.6) is 0 Å². The molecule has 0 bridgehead atoms. The monoisotopic (exact) mass is 215 g/mol.